The van der Waals surface area contributed by atoms with Crippen molar-refractivity contribution in [1.82, 2.24) is 14.8 Å². The molecule has 1 atom stereocenters. The lowest BCUT2D eigenvalue weighted by Gasteiger charge is -2.16. The Morgan fingerprint density at radius 1 is 1.26 bits per heavy atom. The van der Waals surface area contributed by atoms with Crippen LogP contribution in [0.25, 0.3) is 0 Å². The Hall–Kier alpha value is -1.84. The first kappa shape index (κ1) is 13.6. The zero-order chi connectivity index (χ0) is 14.0. The first-order valence-electron chi connectivity index (χ1n) is 6.75. The van der Waals surface area contributed by atoms with Crippen molar-refractivity contribution in [2.24, 2.45) is 0 Å². The smallest absolute Gasteiger partial charge is 0.0649 e. The second-order valence-corrected chi connectivity index (χ2v) is 5.02. The lowest BCUT2D eigenvalue weighted by molar-refractivity contribution is 0.632. The van der Waals surface area contributed by atoms with Crippen molar-refractivity contribution in [3.8, 4) is 0 Å². The molecule has 19 heavy (non-hydrogen) atoms. The number of rotatable bonds is 4. The van der Waals surface area contributed by atoms with E-state index in [1.165, 1.54) is 11.3 Å². The fourth-order valence-corrected chi connectivity index (χ4v) is 2.60. The van der Waals surface area contributed by atoms with Gasteiger partial charge in [-0.15, -0.1) is 0 Å². The van der Waals surface area contributed by atoms with Crippen molar-refractivity contribution in [3.63, 3.8) is 0 Å². The van der Waals surface area contributed by atoms with Crippen LogP contribution >= 0.6 is 0 Å². The molecule has 0 spiro atoms. The molecule has 0 saturated carbocycles. The molecule has 0 bridgehead atoms. The molecular formula is C15H22N4. The highest BCUT2D eigenvalue weighted by Crippen LogP contribution is 2.25. The summed E-state index contributed by atoms with van der Waals surface area (Å²) < 4.78 is 2.05. The van der Waals surface area contributed by atoms with Crippen molar-refractivity contribution in [3.05, 3.63) is 41.0 Å². The summed E-state index contributed by atoms with van der Waals surface area (Å²) in [7, 11) is 0. The maximum Gasteiger partial charge on any atom is 0.0649 e. The Morgan fingerprint density at radius 3 is 2.58 bits per heavy atom. The van der Waals surface area contributed by atoms with Crippen molar-refractivity contribution in [1.29, 1.82) is 0 Å². The first-order chi connectivity index (χ1) is 9.02. The highest BCUT2D eigenvalue weighted by molar-refractivity contribution is 5.46. The summed E-state index contributed by atoms with van der Waals surface area (Å²) in [6, 6.07) is 2.34. The molecule has 0 radical (unpaired) electrons. The summed E-state index contributed by atoms with van der Waals surface area (Å²) in [6.07, 6.45) is 3.72. The average Bonchev–Trinajstić information content (AvgIpc) is 2.64. The second kappa shape index (κ2) is 5.43. The first-order valence-corrected chi connectivity index (χ1v) is 6.75. The topological polar surface area (TPSA) is 42.7 Å². The molecule has 2 heterocycles. The third kappa shape index (κ3) is 2.78. The number of hydrogen-bond donors (Lipinski definition) is 1. The van der Waals surface area contributed by atoms with Gasteiger partial charge in [0.1, 0.15) is 0 Å². The molecule has 2 aromatic rings. The molecular weight excluding hydrogens is 236 g/mol. The van der Waals surface area contributed by atoms with Crippen LogP contribution in [0.2, 0.25) is 0 Å². The molecule has 0 amide bonds. The molecule has 1 N–H and O–H groups in total. The summed E-state index contributed by atoms with van der Waals surface area (Å²) in [6.45, 7) is 11.4. The number of hydrogen-bond acceptors (Lipinski definition) is 3. The third-order valence-corrected chi connectivity index (χ3v) is 3.43. The Balaban J connectivity index is 2.25. The molecule has 0 saturated heterocycles. The fraction of sp³-hybridized carbons (Fsp3) is 0.467. The summed E-state index contributed by atoms with van der Waals surface area (Å²) in [5.41, 5.74) is 5.83. The maximum atomic E-state index is 4.57. The second-order valence-electron chi connectivity index (χ2n) is 5.02. The maximum absolute atomic E-state index is 4.57. The van der Waals surface area contributed by atoms with Gasteiger partial charge in [-0.2, -0.15) is 5.10 Å². The van der Waals surface area contributed by atoms with Crippen LogP contribution in [0.1, 0.15) is 42.4 Å². The van der Waals surface area contributed by atoms with Crippen molar-refractivity contribution in [2.75, 3.05) is 5.32 Å². The van der Waals surface area contributed by atoms with E-state index in [-0.39, 0.29) is 6.04 Å². The number of nitrogens with one attached hydrogen (secondary N) is 1. The van der Waals surface area contributed by atoms with E-state index < -0.39 is 0 Å². The lowest BCUT2D eigenvalue weighted by atomic mass is 10.1. The standard InChI is InChI=1S/C15H22N4/c1-6-19-13(5)15(12(4)18-19)11(3)17-14-7-10(2)8-16-9-14/h7-9,11,17H,6H2,1-5H3. The number of aromatic nitrogens is 3. The zero-order valence-corrected chi connectivity index (χ0v) is 12.4. The molecule has 4 nitrogen and oxygen atoms in total. The van der Waals surface area contributed by atoms with Gasteiger partial charge in [-0.05, 0) is 46.2 Å². The van der Waals surface area contributed by atoms with Gasteiger partial charge in [0.25, 0.3) is 0 Å². The quantitative estimate of drug-likeness (QED) is 0.914. The largest absolute Gasteiger partial charge is 0.377 e. The van der Waals surface area contributed by atoms with Crippen LogP contribution in [0.5, 0.6) is 0 Å². The molecule has 0 aliphatic rings. The molecule has 1 unspecified atom stereocenters. The number of anilines is 1. The Morgan fingerprint density at radius 2 is 2.00 bits per heavy atom. The summed E-state index contributed by atoms with van der Waals surface area (Å²) in [5, 5.41) is 8.07. The molecule has 2 rings (SSSR count). The van der Waals surface area contributed by atoms with E-state index in [1.54, 1.807) is 0 Å². The van der Waals surface area contributed by atoms with E-state index in [9.17, 15) is 0 Å². The van der Waals surface area contributed by atoms with Gasteiger partial charge >= 0.3 is 0 Å². The zero-order valence-electron chi connectivity index (χ0n) is 12.4. The van der Waals surface area contributed by atoms with E-state index >= 15 is 0 Å². The fourth-order valence-electron chi connectivity index (χ4n) is 2.60. The lowest BCUT2D eigenvalue weighted by Crippen LogP contribution is -2.09. The Bertz CT molecular complexity index is 572. The molecule has 102 valence electrons. The van der Waals surface area contributed by atoms with Crippen LogP contribution < -0.4 is 5.32 Å². The van der Waals surface area contributed by atoms with Gasteiger partial charge in [0.15, 0.2) is 0 Å². The predicted molar refractivity (Wildman–Crippen MR) is 78.4 cm³/mol. The minimum atomic E-state index is 0.226. The highest BCUT2D eigenvalue weighted by Gasteiger charge is 2.16. The van der Waals surface area contributed by atoms with Crippen LogP contribution in [-0.2, 0) is 6.54 Å². The minimum absolute atomic E-state index is 0.226. The van der Waals surface area contributed by atoms with Crippen LogP contribution in [0.3, 0.4) is 0 Å². The normalized spacial score (nSPS) is 12.5. The van der Waals surface area contributed by atoms with Gasteiger partial charge in [0.05, 0.1) is 17.4 Å². The Labute approximate surface area is 114 Å². The molecule has 0 fully saturated rings. The molecule has 2 aromatic heterocycles. The molecule has 0 aromatic carbocycles. The van der Waals surface area contributed by atoms with Crippen LogP contribution in [0, 0.1) is 20.8 Å². The van der Waals surface area contributed by atoms with Gasteiger partial charge < -0.3 is 5.32 Å². The molecule has 0 aliphatic carbocycles. The van der Waals surface area contributed by atoms with Gasteiger partial charge in [-0.3, -0.25) is 9.67 Å². The number of aryl methyl sites for hydroxylation is 3. The Kier molecular flexibility index (Phi) is 3.88. The van der Waals surface area contributed by atoms with E-state index in [0.29, 0.717) is 0 Å². The van der Waals surface area contributed by atoms with Gasteiger partial charge in [-0.25, -0.2) is 0 Å². The molecule has 4 heteroatoms. The predicted octanol–water partition coefficient (Wildman–Crippen LogP) is 3.40. The van der Waals surface area contributed by atoms with Gasteiger partial charge in [0, 0.05) is 30.2 Å². The van der Waals surface area contributed by atoms with E-state index in [4.69, 9.17) is 0 Å². The highest BCUT2D eigenvalue weighted by atomic mass is 15.3. The summed E-state index contributed by atoms with van der Waals surface area (Å²) >= 11 is 0. The van der Waals surface area contributed by atoms with E-state index in [0.717, 1.165) is 23.5 Å². The number of nitrogens with zero attached hydrogens (tertiary/aromatic N) is 3. The minimum Gasteiger partial charge on any atom is -0.377 e. The van der Waals surface area contributed by atoms with Gasteiger partial charge in [0.2, 0.25) is 0 Å². The van der Waals surface area contributed by atoms with Crippen LogP contribution in [-0.4, -0.2) is 14.8 Å². The monoisotopic (exact) mass is 258 g/mol. The van der Waals surface area contributed by atoms with Crippen molar-refractivity contribution < 1.29 is 0 Å². The van der Waals surface area contributed by atoms with Crippen molar-refractivity contribution >= 4 is 5.69 Å². The summed E-state index contributed by atoms with van der Waals surface area (Å²) in [4.78, 5) is 4.21. The van der Waals surface area contributed by atoms with E-state index in [1.807, 2.05) is 12.4 Å². The molecule has 0 aliphatic heterocycles. The SMILES string of the molecule is CCn1nc(C)c(C(C)Nc2cncc(C)c2)c1C. The summed E-state index contributed by atoms with van der Waals surface area (Å²) in [5.74, 6) is 0. The van der Waals surface area contributed by atoms with Crippen LogP contribution in [0.4, 0.5) is 5.69 Å². The van der Waals surface area contributed by atoms with E-state index in [2.05, 4.69) is 60.8 Å². The van der Waals surface area contributed by atoms with Crippen molar-refractivity contribution in [2.45, 2.75) is 47.2 Å². The number of pyridine rings is 1. The van der Waals surface area contributed by atoms with Gasteiger partial charge in [-0.1, -0.05) is 0 Å². The third-order valence-electron chi connectivity index (χ3n) is 3.43. The average molecular weight is 258 g/mol. The van der Waals surface area contributed by atoms with Crippen LogP contribution in [0.15, 0.2) is 18.5 Å².